The quantitative estimate of drug-likeness (QED) is 0.850. The van der Waals surface area contributed by atoms with Gasteiger partial charge in [0.2, 0.25) is 10.1 Å². The summed E-state index contributed by atoms with van der Waals surface area (Å²) in [5, 5.41) is 14.3. The van der Waals surface area contributed by atoms with Crippen molar-refractivity contribution in [2.75, 3.05) is 18.9 Å². The molecule has 0 radical (unpaired) electrons. The third kappa shape index (κ3) is 4.25. The number of hydrogen-bond donors (Lipinski definition) is 1. The molecule has 0 spiro atoms. The van der Waals surface area contributed by atoms with E-state index < -0.39 is 0 Å². The fourth-order valence-electron chi connectivity index (χ4n) is 1.82. The van der Waals surface area contributed by atoms with Gasteiger partial charge in [0.05, 0.1) is 0 Å². The molecule has 0 saturated carbocycles. The van der Waals surface area contributed by atoms with Crippen molar-refractivity contribution in [1.29, 1.82) is 0 Å². The Balaban J connectivity index is 1.96. The molecular weight excluding hydrogens is 304 g/mol. The minimum absolute atomic E-state index is 0.0684. The van der Waals surface area contributed by atoms with Crippen LogP contribution in [-0.4, -0.2) is 40.6 Å². The van der Waals surface area contributed by atoms with E-state index in [1.165, 1.54) is 16.2 Å². The Morgan fingerprint density at radius 3 is 2.95 bits per heavy atom. The van der Waals surface area contributed by atoms with Gasteiger partial charge in [0, 0.05) is 30.9 Å². The first-order chi connectivity index (χ1) is 10.1. The molecule has 0 saturated heterocycles. The van der Waals surface area contributed by atoms with E-state index in [1.807, 2.05) is 13.1 Å². The van der Waals surface area contributed by atoms with E-state index in [-0.39, 0.29) is 11.9 Å². The summed E-state index contributed by atoms with van der Waals surface area (Å²) in [6, 6.07) is 4.26. The van der Waals surface area contributed by atoms with Gasteiger partial charge < -0.3 is 10.2 Å². The van der Waals surface area contributed by atoms with Gasteiger partial charge in [0.1, 0.15) is 0 Å². The highest BCUT2D eigenvalue weighted by atomic mass is 32.1. The van der Waals surface area contributed by atoms with Gasteiger partial charge >= 0.3 is 0 Å². The van der Waals surface area contributed by atoms with Gasteiger partial charge in [-0.2, -0.15) is 0 Å². The lowest BCUT2D eigenvalue weighted by Crippen LogP contribution is -2.36. The standard InChI is InChI=1S/C14H20N4OS2/c1-4-7-15-14-17-16-12(21-14)13(19)18(3)10(2)9-11-6-5-8-20-11/h5-6,8,10H,4,7,9H2,1-3H3,(H,15,17). The molecule has 21 heavy (non-hydrogen) atoms. The van der Waals surface area contributed by atoms with Crippen molar-refractivity contribution in [1.82, 2.24) is 15.1 Å². The minimum atomic E-state index is -0.0684. The predicted octanol–water partition coefficient (Wildman–Crippen LogP) is 3.12. The Kier molecular flexibility index (Phi) is 5.69. The van der Waals surface area contributed by atoms with E-state index >= 15 is 0 Å². The summed E-state index contributed by atoms with van der Waals surface area (Å²) in [6.45, 7) is 4.97. The molecular formula is C14H20N4OS2. The first-order valence-electron chi connectivity index (χ1n) is 6.98. The number of nitrogens with one attached hydrogen (secondary N) is 1. The summed E-state index contributed by atoms with van der Waals surface area (Å²) in [5.41, 5.74) is 0. The Labute approximate surface area is 133 Å². The van der Waals surface area contributed by atoms with Crippen LogP contribution in [0.3, 0.4) is 0 Å². The zero-order chi connectivity index (χ0) is 15.2. The molecule has 1 N–H and O–H groups in total. The van der Waals surface area contributed by atoms with Crippen molar-refractivity contribution in [3.63, 3.8) is 0 Å². The molecule has 0 aliphatic rings. The highest BCUT2D eigenvalue weighted by molar-refractivity contribution is 7.17. The number of aromatic nitrogens is 2. The van der Waals surface area contributed by atoms with Crippen LogP contribution < -0.4 is 5.32 Å². The van der Waals surface area contributed by atoms with E-state index in [4.69, 9.17) is 0 Å². The number of carbonyl (C=O) groups is 1. The number of thiophene rings is 1. The summed E-state index contributed by atoms with van der Waals surface area (Å²) in [4.78, 5) is 15.4. The summed E-state index contributed by atoms with van der Waals surface area (Å²) in [7, 11) is 1.82. The second kappa shape index (κ2) is 7.51. The predicted molar refractivity (Wildman–Crippen MR) is 88.3 cm³/mol. The third-order valence-corrected chi connectivity index (χ3v) is 4.96. The summed E-state index contributed by atoms with van der Waals surface area (Å²) in [5.74, 6) is -0.0684. The lowest BCUT2D eigenvalue weighted by Gasteiger charge is -2.23. The normalized spacial score (nSPS) is 12.1. The van der Waals surface area contributed by atoms with Crippen LogP contribution in [0.5, 0.6) is 0 Å². The maximum Gasteiger partial charge on any atom is 0.284 e. The van der Waals surface area contributed by atoms with Gasteiger partial charge in [0.25, 0.3) is 5.91 Å². The number of likely N-dealkylation sites (N-methyl/N-ethyl adjacent to an activating group) is 1. The highest BCUT2D eigenvalue weighted by Gasteiger charge is 2.21. The number of nitrogens with zero attached hydrogens (tertiary/aromatic N) is 3. The van der Waals surface area contributed by atoms with Crippen molar-refractivity contribution < 1.29 is 4.79 Å². The van der Waals surface area contributed by atoms with Crippen LogP contribution in [-0.2, 0) is 6.42 Å². The molecule has 2 aromatic rings. The fraction of sp³-hybridized carbons (Fsp3) is 0.500. The van der Waals surface area contributed by atoms with Crippen LogP contribution in [0, 0.1) is 0 Å². The average molecular weight is 324 g/mol. The fourth-order valence-corrected chi connectivity index (χ4v) is 3.40. The van der Waals surface area contributed by atoms with Crippen molar-refractivity contribution in [3.05, 3.63) is 27.4 Å². The zero-order valence-electron chi connectivity index (χ0n) is 12.5. The molecule has 1 atom stereocenters. The second-order valence-corrected chi connectivity index (χ2v) is 6.90. The molecule has 2 aromatic heterocycles. The molecule has 0 fully saturated rings. The van der Waals surface area contributed by atoms with Gasteiger partial charge in [-0.25, -0.2) is 0 Å². The Bertz CT molecular complexity index is 567. The zero-order valence-corrected chi connectivity index (χ0v) is 14.1. The molecule has 2 heterocycles. The molecule has 0 aromatic carbocycles. The van der Waals surface area contributed by atoms with E-state index in [2.05, 4.69) is 40.8 Å². The maximum absolute atomic E-state index is 12.4. The molecule has 0 aliphatic heterocycles. The van der Waals surface area contributed by atoms with Gasteiger partial charge in [-0.05, 0) is 24.8 Å². The number of anilines is 1. The molecule has 0 aliphatic carbocycles. The molecule has 2 rings (SSSR count). The van der Waals surface area contributed by atoms with Crippen molar-refractivity contribution in [2.24, 2.45) is 0 Å². The highest BCUT2D eigenvalue weighted by Crippen LogP contribution is 2.19. The topological polar surface area (TPSA) is 58.1 Å². The van der Waals surface area contributed by atoms with Crippen LogP contribution >= 0.6 is 22.7 Å². The summed E-state index contributed by atoms with van der Waals surface area (Å²) in [6.07, 6.45) is 1.88. The van der Waals surface area contributed by atoms with Crippen LogP contribution in [0.25, 0.3) is 0 Å². The lowest BCUT2D eigenvalue weighted by molar-refractivity contribution is 0.0742. The molecule has 1 unspecified atom stereocenters. The number of rotatable bonds is 7. The van der Waals surface area contributed by atoms with Crippen LogP contribution in [0.4, 0.5) is 5.13 Å². The summed E-state index contributed by atoms with van der Waals surface area (Å²) >= 11 is 3.03. The van der Waals surface area contributed by atoms with E-state index in [0.717, 1.165) is 19.4 Å². The van der Waals surface area contributed by atoms with Gasteiger partial charge in [0.15, 0.2) is 0 Å². The Morgan fingerprint density at radius 1 is 1.48 bits per heavy atom. The monoisotopic (exact) mass is 324 g/mol. The number of hydrogen-bond acceptors (Lipinski definition) is 6. The lowest BCUT2D eigenvalue weighted by atomic mass is 10.2. The van der Waals surface area contributed by atoms with Crippen LogP contribution in [0.15, 0.2) is 17.5 Å². The first-order valence-corrected chi connectivity index (χ1v) is 8.68. The van der Waals surface area contributed by atoms with Crippen molar-refractivity contribution >= 4 is 33.7 Å². The van der Waals surface area contributed by atoms with Crippen molar-refractivity contribution in [2.45, 2.75) is 32.7 Å². The molecule has 114 valence electrons. The van der Waals surface area contributed by atoms with Gasteiger partial charge in [-0.3, -0.25) is 4.79 Å². The van der Waals surface area contributed by atoms with E-state index in [1.54, 1.807) is 16.2 Å². The average Bonchev–Trinajstić information content (AvgIpc) is 3.14. The van der Waals surface area contributed by atoms with Crippen LogP contribution in [0.2, 0.25) is 0 Å². The largest absolute Gasteiger partial charge is 0.360 e. The number of carbonyl (C=O) groups excluding carboxylic acids is 1. The Hall–Kier alpha value is -1.47. The van der Waals surface area contributed by atoms with Gasteiger partial charge in [-0.15, -0.1) is 21.5 Å². The molecule has 5 nitrogen and oxygen atoms in total. The number of amides is 1. The van der Waals surface area contributed by atoms with Crippen molar-refractivity contribution in [3.8, 4) is 0 Å². The first kappa shape index (κ1) is 15.9. The van der Waals surface area contributed by atoms with Crippen LogP contribution in [0.1, 0.15) is 34.9 Å². The summed E-state index contributed by atoms with van der Waals surface area (Å²) < 4.78 is 0. The third-order valence-electron chi connectivity index (χ3n) is 3.19. The second-order valence-electron chi connectivity index (χ2n) is 4.89. The smallest absolute Gasteiger partial charge is 0.284 e. The minimum Gasteiger partial charge on any atom is -0.360 e. The SMILES string of the molecule is CCCNc1nnc(C(=O)N(C)C(C)Cc2cccs2)s1. The Morgan fingerprint density at radius 2 is 2.29 bits per heavy atom. The maximum atomic E-state index is 12.4. The van der Waals surface area contributed by atoms with E-state index in [0.29, 0.717) is 10.1 Å². The molecule has 0 bridgehead atoms. The molecule has 1 amide bonds. The van der Waals surface area contributed by atoms with E-state index in [9.17, 15) is 4.79 Å². The van der Waals surface area contributed by atoms with Gasteiger partial charge in [-0.1, -0.05) is 24.3 Å². The molecule has 7 heteroatoms.